The first-order chi connectivity index (χ1) is 15.0. The molecule has 164 valence electrons. The second kappa shape index (κ2) is 10.9. The number of nitrogens with zero attached hydrogens (tertiary/aromatic N) is 4. The van der Waals surface area contributed by atoms with Crippen LogP contribution in [0, 0.1) is 5.82 Å². The van der Waals surface area contributed by atoms with Crippen molar-refractivity contribution in [3.8, 4) is 17.1 Å². The summed E-state index contributed by atoms with van der Waals surface area (Å²) in [5.41, 5.74) is 1.64. The van der Waals surface area contributed by atoms with Crippen molar-refractivity contribution in [1.29, 1.82) is 0 Å². The van der Waals surface area contributed by atoms with Gasteiger partial charge in [0.2, 0.25) is 5.91 Å². The molecule has 0 spiro atoms. The van der Waals surface area contributed by atoms with E-state index in [0.29, 0.717) is 30.4 Å². The molecule has 0 N–H and O–H groups in total. The monoisotopic (exact) mass is 444 g/mol. The number of amides is 1. The van der Waals surface area contributed by atoms with Crippen LogP contribution in [0.5, 0.6) is 5.75 Å². The van der Waals surface area contributed by atoms with Crippen molar-refractivity contribution in [3.63, 3.8) is 0 Å². The number of thioether (sulfide) groups is 1. The van der Waals surface area contributed by atoms with Crippen LogP contribution in [-0.4, -0.2) is 59.2 Å². The van der Waals surface area contributed by atoms with Crippen molar-refractivity contribution in [1.82, 2.24) is 19.7 Å². The van der Waals surface area contributed by atoms with Gasteiger partial charge in [-0.2, -0.15) is 0 Å². The third kappa shape index (κ3) is 5.83. The van der Waals surface area contributed by atoms with E-state index in [-0.39, 0.29) is 17.4 Å². The maximum atomic E-state index is 13.9. The zero-order chi connectivity index (χ0) is 22.2. The Kier molecular flexibility index (Phi) is 8.02. The molecule has 7 nitrogen and oxygen atoms in total. The highest BCUT2D eigenvalue weighted by Crippen LogP contribution is 2.24. The fraction of sp³-hybridized carbons (Fsp3) is 0.318. The Morgan fingerprint density at radius 2 is 1.94 bits per heavy atom. The lowest BCUT2D eigenvalue weighted by molar-refractivity contribution is -0.127. The minimum absolute atomic E-state index is 0.0937. The number of carbonyl (C=O) groups excluding carboxylic acids is 1. The second-order valence-corrected chi connectivity index (χ2v) is 7.77. The minimum atomic E-state index is -0.449. The van der Waals surface area contributed by atoms with Gasteiger partial charge in [0.05, 0.1) is 26.0 Å². The normalized spacial score (nSPS) is 10.8. The lowest BCUT2D eigenvalue weighted by atomic mass is 10.2. The summed E-state index contributed by atoms with van der Waals surface area (Å²) in [6, 6.07) is 14.4. The third-order valence-corrected chi connectivity index (χ3v) is 5.61. The SMILES string of the molecule is COCCn1c(SCC(=O)N(C)Cc2ccc(OC)c(F)c2)nnc1-c1ccccc1. The number of methoxy groups -OCH3 is 2. The molecule has 0 bridgehead atoms. The van der Waals surface area contributed by atoms with Crippen LogP contribution in [0.25, 0.3) is 11.4 Å². The van der Waals surface area contributed by atoms with E-state index in [0.717, 1.165) is 11.4 Å². The van der Waals surface area contributed by atoms with Crippen molar-refractivity contribution in [2.45, 2.75) is 18.2 Å². The summed E-state index contributed by atoms with van der Waals surface area (Å²) >= 11 is 1.32. The Labute approximate surface area is 185 Å². The smallest absolute Gasteiger partial charge is 0.233 e. The first-order valence-corrected chi connectivity index (χ1v) is 10.7. The van der Waals surface area contributed by atoms with E-state index in [1.807, 2.05) is 34.9 Å². The molecule has 1 aromatic heterocycles. The molecule has 9 heteroatoms. The molecular weight excluding hydrogens is 419 g/mol. The molecule has 1 heterocycles. The fourth-order valence-electron chi connectivity index (χ4n) is 2.99. The standard InChI is InChI=1S/C22H25FN4O3S/c1-26(14-16-9-10-19(30-3)18(23)13-16)20(28)15-31-22-25-24-21(27(22)11-12-29-2)17-7-5-4-6-8-17/h4-10,13H,11-12,14-15H2,1-3H3. The molecular formula is C22H25FN4O3S. The molecule has 0 aliphatic carbocycles. The van der Waals surface area contributed by atoms with E-state index in [4.69, 9.17) is 9.47 Å². The fourth-order valence-corrected chi connectivity index (χ4v) is 3.89. The van der Waals surface area contributed by atoms with Crippen LogP contribution >= 0.6 is 11.8 Å². The number of hydrogen-bond donors (Lipinski definition) is 0. The topological polar surface area (TPSA) is 69.5 Å². The number of rotatable bonds is 10. The number of ether oxygens (including phenoxy) is 2. The molecule has 1 amide bonds. The van der Waals surface area contributed by atoms with Gasteiger partial charge in [0.15, 0.2) is 22.5 Å². The zero-order valence-corrected chi connectivity index (χ0v) is 18.6. The highest BCUT2D eigenvalue weighted by Gasteiger charge is 2.17. The lowest BCUT2D eigenvalue weighted by Crippen LogP contribution is -2.28. The van der Waals surface area contributed by atoms with Crippen LogP contribution in [-0.2, 0) is 22.6 Å². The summed E-state index contributed by atoms with van der Waals surface area (Å²) in [6.45, 7) is 1.37. The molecule has 0 radical (unpaired) electrons. The molecule has 0 aliphatic heterocycles. The quantitative estimate of drug-likeness (QED) is 0.446. The first kappa shape index (κ1) is 22.8. The van der Waals surface area contributed by atoms with Crippen molar-refractivity contribution in [2.75, 3.05) is 33.6 Å². The number of carbonyl (C=O) groups is 1. The van der Waals surface area contributed by atoms with Gasteiger partial charge in [-0.1, -0.05) is 48.2 Å². The maximum Gasteiger partial charge on any atom is 0.233 e. The molecule has 0 unspecified atom stereocenters. The van der Waals surface area contributed by atoms with Crippen LogP contribution in [0.4, 0.5) is 4.39 Å². The van der Waals surface area contributed by atoms with Crippen molar-refractivity contribution < 1.29 is 18.7 Å². The highest BCUT2D eigenvalue weighted by atomic mass is 32.2. The molecule has 3 rings (SSSR count). The molecule has 0 saturated heterocycles. The first-order valence-electron chi connectivity index (χ1n) is 9.70. The molecule has 0 fully saturated rings. The molecule has 2 aromatic carbocycles. The number of hydrogen-bond acceptors (Lipinski definition) is 6. The Morgan fingerprint density at radius 3 is 2.61 bits per heavy atom. The average molecular weight is 445 g/mol. The summed E-state index contributed by atoms with van der Waals surface area (Å²) in [7, 11) is 4.75. The van der Waals surface area contributed by atoms with E-state index in [1.54, 1.807) is 31.2 Å². The van der Waals surface area contributed by atoms with Gasteiger partial charge in [-0.05, 0) is 17.7 Å². The average Bonchev–Trinajstić information content (AvgIpc) is 3.19. The lowest BCUT2D eigenvalue weighted by Gasteiger charge is -2.17. The third-order valence-electron chi connectivity index (χ3n) is 4.65. The Morgan fingerprint density at radius 1 is 1.16 bits per heavy atom. The Balaban J connectivity index is 1.66. The van der Waals surface area contributed by atoms with Crippen molar-refractivity contribution >= 4 is 17.7 Å². The molecule has 31 heavy (non-hydrogen) atoms. The molecule has 0 saturated carbocycles. The Bertz CT molecular complexity index is 1010. The van der Waals surface area contributed by atoms with Gasteiger partial charge in [0.1, 0.15) is 0 Å². The van der Waals surface area contributed by atoms with E-state index in [9.17, 15) is 9.18 Å². The zero-order valence-electron chi connectivity index (χ0n) is 17.7. The van der Waals surface area contributed by atoms with Crippen molar-refractivity contribution in [3.05, 3.63) is 59.9 Å². The van der Waals surface area contributed by atoms with Crippen LogP contribution in [0.15, 0.2) is 53.7 Å². The predicted molar refractivity (Wildman–Crippen MR) is 117 cm³/mol. The Hall–Kier alpha value is -2.91. The summed E-state index contributed by atoms with van der Waals surface area (Å²) in [6.07, 6.45) is 0. The highest BCUT2D eigenvalue weighted by molar-refractivity contribution is 7.99. The van der Waals surface area contributed by atoms with Gasteiger partial charge >= 0.3 is 0 Å². The largest absolute Gasteiger partial charge is 0.494 e. The number of halogens is 1. The van der Waals surface area contributed by atoms with E-state index in [1.165, 1.54) is 24.9 Å². The number of aromatic nitrogens is 3. The molecule has 3 aromatic rings. The summed E-state index contributed by atoms with van der Waals surface area (Å²) < 4.78 is 26.0. The van der Waals surface area contributed by atoms with Gasteiger partial charge < -0.3 is 14.4 Å². The van der Waals surface area contributed by atoms with Crippen LogP contribution in [0.2, 0.25) is 0 Å². The predicted octanol–water partition coefficient (Wildman–Crippen LogP) is 3.49. The maximum absolute atomic E-state index is 13.9. The van der Waals surface area contributed by atoms with Gasteiger partial charge in [0.25, 0.3) is 0 Å². The van der Waals surface area contributed by atoms with E-state index < -0.39 is 5.82 Å². The summed E-state index contributed by atoms with van der Waals surface area (Å²) in [5, 5.41) is 9.24. The van der Waals surface area contributed by atoms with Gasteiger partial charge in [-0.3, -0.25) is 9.36 Å². The molecule has 0 aliphatic rings. The number of benzene rings is 2. The van der Waals surface area contributed by atoms with E-state index >= 15 is 0 Å². The summed E-state index contributed by atoms with van der Waals surface area (Å²) in [5.74, 6) is 0.556. The van der Waals surface area contributed by atoms with Gasteiger partial charge in [-0.25, -0.2) is 4.39 Å². The van der Waals surface area contributed by atoms with Gasteiger partial charge in [0, 0.05) is 26.3 Å². The van der Waals surface area contributed by atoms with Crippen molar-refractivity contribution in [2.24, 2.45) is 0 Å². The molecule has 0 atom stereocenters. The van der Waals surface area contributed by atoms with Crippen LogP contribution < -0.4 is 4.74 Å². The van der Waals surface area contributed by atoms with E-state index in [2.05, 4.69) is 10.2 Å². The minimum Gasteiger partial charge on any atom is -0.494 e. The summed E-state index contributed by atoms with van der Waals surface area (Å²) in [4.78, 5) is 14.2. The van der Waals surface area contributed by atoms with Gasteiger partial charge in [-0.15, -0.1) is 10.2 Å². The van der Waals surface area contributed by atoms with Crippen LogP contribution in [0.3, 0.4) is 0 Å². The van der Waals surface area contributed by atoms with Crippen LogP contribution in [0.1, 0.15) is 5.56 Å². The second-order valence-electron chi connectivity index (χ2n) is 6.82.